The van der Waals surface area contributed by atoms with E-state index in [0.29, 0.717) is 16.5 Å². The number of phenols is 1. The molecule has 2 N–H and O–H groups in total. The maximum Gasteiger partial charge on any atom is 0.337 e. The van der Waals surface area contributed by atoms with Crippen LogP contribution in [-0.2, 0) is 0 Å². The minimum absolute atomic E-state index is 0.00914. The highest BCUT2D eigenvalue weighted by atomic mass is 35.5. The van der Waals surface area contributed by atoms with Gasteiger partial charge in [0.05, 0.1) is 20.6 Å². The minimum atomic E-state index is -1.30. The average molecular weight is 500 g/mol. The molecule has 0 saturated carbocycles. The second kappa shape index (κ2) is 8.97. The van der Waals surface area contributed by atoms with E-state index in [1.807, 2.05) is 13.8 Å². The first kappa shape index (κ1) is 23.2. The zero-order chi connectivity index (χ0) is 23.0. The van der Waals surface area contributed by atoms with Gasteiger partial charge in [-0.2, -0.15) is 0 Å². The van der Waals surface area contributed by atoms with Crippen molar-refractivity contribution >= 4 is 63.3 Å². The number of aromatic hydroxyl groups is 1. The van der Waals surface area contributed by atoms with Crippen molar-refractivity contribution in [2.24, 2.45) is 0 Å². The average Bonchev–Trinajstić information content (AvgIpc) is 2.72. The number of phenolic OH excluding ortho intramolecular Hbond substituents is 1. The van der Waals surface area contributed by atoms with E-state index < -0.39 is 11.4 Å². The molecule has 0 atom stereocenters. The Balaban J connectivity index is 0.00000132. The Bertz CT molecular complexity index is 1360. The number of hydrogen-bond acceptors (Lipinski definition) is 4. The first-order valence-corrected chi connectivity index (χ1v) is 10.5. The molecule has 2 aromatic carbocycles. The van der Waals surface area contributed by atoms with Crippen LogP contribution in [0, 0.1) is 0 Å². The molecule has 2 aliphatic rings. The Labute approximate surface area is 196 Å². The first-order valence-electron chi connectivity index (χ1n) is 8.99. The Hall–Kier alpha value is -2.44. The number of fused-ring (bicyclic) bond motifs is 2. The lowest BCUT2D eigenvalue weighted by Crippen LogP contribution is -2.06. The van der Waals surface area contributed by atoms with Gasteiger partial charge in [-0.05, 0) is 24.3 Å². The number of halogens is 4. The van der Waals surface area contributed by atoms with Gasteiger partial charge in [0.1, 0.15) is 17.1 Å². The zero-order valence-corrected chi connectivity index (χ0v) is 19.1. The number of rotatable bonds is 2. The van der Waals surface area contributed by atoms with Gasteiger partial charge in [0.25, 0.3) is 0 Å². The third kappa shape index (κ3) is 4.06. The number of benzene rings is 3. The second-order valence-electron chi connectivity index (χ2n) is 6.14. The quantitative estimate of drug-likeness (QED) is 0.277. The van der Waals surface area contributed by atoms with Gasteiger partial charge in [-0.25, -0.2) is 4.79 Å². The molecular weight excluding hydrogens is 486 g/mol. The molecule has 0 aromatic heterocycles. The molecule has 0 unspecified atom stereocenters. The topological polar surface area (TPSA) is 87.7 Å². The van der Waals surface area contributed by atoms with E-state index in [4.69, 9.17) is 50.8 Å². The number of carboxylic acid groups (broad SMARTS) is 1. The fourth-order valence-electron chi connectivity index (χ4n) is 3.18. The molecule has 160 valence electrons. The van der Waals surface area contributed by atoms with Crippen LogP contribution in [0.25, 0.3) is 33.4 Å². The van der Waals surface area contributed by atoms with E-state index in [1.165, 1.54) is 36.4 Å². The van der Waals surface area contributed by atoms with Crippen LogP contribution in [0.3, 0.4) is 0 Å². The molecule has 1 heterocycles. The lowest BCUT2D eigenvalue weighted by molar-refractivity contribution is 0.0698. The molecule has 2 aromatic rings. The molecule has 9 heteroatoms. The summed E-state index contributed by atoms with van der Waals surface area (Å²) in [5, 5.41) is 20.1. The van der Waals surface area contributed by atoms with Gasteiger partial charge in [-0.3, -0.25) is 4.79 Å². The highest BCUT2D eigenvalue weighted by Crippen LogP contribution is 2.47. The summed E-state index contributed by atoms with van der Waals surface area (Å²) in [7, 11) is 0. The van der Waals surface area contributed by atoms with Crippen molar-refractivity contribution in [1.29, 1.82) is 0 Å². The van der Waals surface area contributed by atoms with Crippen molar-refractivity contribution < 1.29 is 19.4 Å². The van der Waals surface area contributed by atoms with Crippen LogP contribution in [-0.4, -0.2) is 16.2 Å². The highest BCUT2D eigenvalue weighted by molar-refractivity contribution is 6.39. The summed E-state index contributed by atoms with van der Waals surface area (Å²) in [6.07, 6.45) is 0. The van der Waals surface area contributed by atoms with Crippen LogP contribution in [0.5, 0.6) is 5.75 Å². The van der Waals surface area contributed by atoms with Gasteiger partial charge in [-0.15, -0.1) is 0 Å². The van der Waals surface area contributed by atoms with Gasteiger partial charge < -0.3 is 14.6 Å². The van der Waals surface area contributed by atoms with Gasteiger partial charge in [0, 0.05) is 39.2 Å². The first-order chi connectivity index (χ1) is 14.7. The molecule has 1 aliphatic carbocycles. The fraction of sp³-hybridized carbons (Fsp3) is 0.0909. The van der Waals surface area contributed by atoms with Gasteiger partial charge in [-0.1, -0.05) is 60.3 Å². The molecule has 0 fully saturated rings. The van der Waals surface area contributed by atoms with Gasteiger partial charge >= 0.3 is 5.97 Å². The molecule has 0 saturated heterocycles. The Morgan fingerprint density at radius 2 is 1.52 bits per heavy atom. The maximum absolute atomic E-state index is 12.0. The van der Waals surface area contributed by atoms with Gasteiger partial charge in [0.2, 0.25) is 5.43 Å². The summed E-state index contributed by atoms with van der Waals surface area (Å²) in [6, 6.07) is 8.03. The fourth-order valence-corrected chi connectivity index (χ4v) is 3.99. The predicted octanol–water partition coefficient (Wildman–Crippen LogP) is 7.61. The SMILES string of the molecule is CC.O=C(O)c1c(Cl)ccc(Cl)c1-c1c2cc(Cl)c(=O)cc-2oc2cc(O)c(Cl)cc12. The number of carboxylic acids is 1. The van der Waals surface area contributed by atoms with Crippen molar-refractivity contribution in [2.75, 3.05) is 0 Å². The summed E-state index contributed by atoms with van der Waals surface area (Å²) in [5.74, 6) is -1.43. The molecule has 0 radical (unpaired) electrons. The number of hydrogen-bond donors (Lipinski definition) is 2. The van der Waals surface area contributed by atoms with E-state index in [1.54, 1.807) is 0 Å². The lowest BCUT2D eigenvalue weighted by Gasteiger charge is -2.19. The summed E-state index contributed by atoms with van der Waals surface area (Å²) >= 11 is 24.7. The Morgan fingerprint density at radius 1 is 0.871 bits per heavy atom. The standard InChI is InChI=1S/C20H8Cl4O5.C2H6/c21-9-1-2-10(22)19(20(27)28)18(9)17-7-3-11(23)13(25)5-15(7)29-16-6-14(26)12(24)4-8(16)17;1-2/h1-6,25H,(H,27,28);1-2H3. The third-order valence-corrected chi connectivity index (χ3v) is 5.64. The molecule has 4 rings (SSSR count). The molecule has 0 spiro atoms. The van der Waals surface area contributed by atoms with Crippen LogP contribution in [0.15, 0.2) is 45.6 Å². The van der Waals surface area contributed by atoms with Crippen LogP contribution < -0.4 is 5.43 Å². The number of aromatic carboxylic acids is 1. The maximum atomic E-state index is 12.0. The van der Waals surface area contributed by atoms with E-state index in [2.05, 4.69) is 0 Å². The molecule has 1 aliphatic heterocycles. The van der Waals surface area contributed by atoms with Crippen LogP contribution in [0.2, 0.25) is 20.1 Å². The Kier molecular flexibility index (Phi) is 6.72. The monoisotopic (exact) mass is 498 g/mol. The predicted molar refractivity (Wildman–Crippen MR) is 125 cm³/mol. The highest BCUT2D eigenvalue weighted by Gasteiger charge is 2.27. The van der Waals surface area contributed by atoms with Crippen molar-refractivity contribution in [3.63, 3.8) is 0 Å². The van der Waals surface area contributed by atoms with E-state index in [-0.39, 0.29) is 48.3 Å². The lowest BCUT2D eigenvalue weighted by atomic mass is 9.90. The van der Waals surface area contributed by atoms with E-state index in [9.17, 15) is 19.8 Å². The van der Waals surface area contributed by atoms with Crippen LogP contribution in [0.4, 0.5) is 0 Å². The molecular formula is C22H14Cl4O5. The summed E-state index contributed by atoms with van der Waals surface area (Å²) in [5.41, 5.74) is 0.171. The van der Waals surface area contributed by atoms with Crippen molar-refractivity contribution in [2.45, 2.75) is 13.8 Å². The Morgan fingerprint density at radius 3 is 2.16 bits per heavy atom. The minimum Gasteiger partial charge on any atom is -0.506 e. The van der Waals surface area contributed by atoms with E-state index in [0.717, 1.165) is 0 Å². The third-order valence-electron chi connectivity index (χ3n) is 4.41. The van der Waals surface area contributed by atoms with Crippen molar-refractivity contribution in [3.05, 3.63) is 72.3 Å². The summed E-state index contributed by atoms with van der Waals surface area (Å²) in [4.78, 5) is 24.0. The summed E-state index contributed by atoms with van der Waals surface area (Å²) < 4.78 is 5.75. The normalized spacial score (nSPS) is 10.8. The van der Waals surface area contributed by atoms with Crippen molar-refractivity contribution in [3.8, 4) is 28.2 Å². The second-order valence-corrected chi connectivity index (χ2v) is 7.77. The van der Waals surface area contributed by atoms with Crippen molar-refractivity contribution in [1.82, 2.24) is 0 Å². The zero-order valence-electron chi connectivity index (χ0n) is 16.1. The number of carbonyl (C=O) groups is 1. The molecule has 0 amide bonds. The van der Waals surface area contributed by atoms with Crippen LogP contribution in [0.1, 0.15) is 24.2 Å². The van der Waals surface area contributed by atoms with Crippen LogP contribution >= 0.6 is 46.4 Å². The summed E-state index contributed by atoms with van der Waals surface area (Å²) in [6.45, 7) is 4.00. The molecule has 5 nitrogen and oxygen atoms in total. The van der Waals surface area contributed by atoms with Gasteiger partial charge in [0.15, 0.2) is 0 Å². The van der Waals surface area contributed by atoms with E-state index >= 15 is 0 Å². The molecule has 0 bridgehead atoms. The largest absolute Gasteiger partial charge is 0.506 e. The molecule has 31 heavy (non-hydrogen) atoms. The smallest absolute Gasteiger partial charge is 0.337 e.